The summed E-state index contributed by atoms with van der Waals surface area (Å²) in [5.74, 6) is 1.44. The molecule has 21 heavy (non-hydrogen) atoms. The summed E-state index contributed by atoms with van der Waals surface area (Å²) in [5.41, 5.74) is 2.23. The summed E-state index contributed by atoms with van der Waals surface area (Å²) >= 11 is 7.83. The predicted octanol–water partition coefficient (Wildman–Crippen LogP) is 5.07. The summed E-state index contributed by atoms with van der Waals surface area (Å²) in [6, 6.07) is 10.4. The molecule has 0 unspecified atom stereocenters. The van der Waals surface area contributed by atoms with Crippen LogP contribution >= 0.6 is 22.9 Å². The van der Waals surface area contributed by atoms with E-state index in [-0.39, 0.29) is 0 Å². The molecule has 2 heterocycles. The number of aromatic nitrogens is 2. The Hall–Kier alpha value is -1.52. The Morgan fingerprint density at radius 2 is 2.10 bits per heavy atom. The third-order valence-electron chi connectivity index (χ3n) is 3.53. The third-order valence-corrected chi connectivity index (χ3v) is 4.54. The van der Waals surface area contributed by atoms with Crippen LogP contribution in [0.5, 0.6) is 0 Å². The second-order valence-electron chi connectivity index (χ2n) is 4.91. The fourth-order valence-corrected chi connectivity index (χ4v) is 3.42. The van der Waals surface area contributed by atoms with Gasteiger partial charge in [-0.3, -0.25) is 4.40 Å². The first-order chi connectivity index (χ1) is 10.3. The van der Waals surface area contributed by atoms with Gasteiger partial charge in [0.25, 0.3) is 0 Å². The van der Waals surface area contributed by atoms with E-state index in [1.807, 2.05) is 17.6 Å². The number of rotatable bonds is 6. The van der Waals surface area contributed by atoms with Crippen LogP contribution in [-0.2, 0) is 5.88 Å². The van der Waals surface area contributed by atoms with E-state index in [0.29, 0.717) is 5.88 Å². The molecule has 0 saturated heterocycles. The molecule has 110 valence electrons. The Morgan fingerprint density at radius 3 is 2.81 bits per heavy atom. The largest absolute Gasteiger partial charge is 0.325 e. The first kappa shape index (κ1) is 14.4. The van der Waals surface area contributed by atoms with E-state index in [4.69, 9.17) is 16.6 Å². The van der Waals surface area contributed by atoms with Crippen LogP contribution < -0.4 is 4.90 Å². The van der Waals surface area contributed by atoms with E-state index in [9.17, 15) is 0 Å². The maximum atomic E-state index is 6.19. The van der Waals surface area contributed by atoms with Gasteiger partial charge in [0.2, 0.25) is 0 Å². The van der Waals surface area contributed by atoms with Crippen molar-refractivity contribution in [2.75, 3.05) is 11.4 Å². The molecule has 0 bridgehead atoms. The lowest BCUT2D eigenvalue weighted by Crippen LogP contribution is -2.20. The molecule has 0 fully saturated rings. The van der Waals surface area contributed by atoms with E-state index < -0.39 is 0 Å². The number of hydrogen-bond acceptors (Lipinski definition) is 3. The van der Waals surface area contributed by atoms with Crippen molar-refractivity contribution in [1.29, 1.82) is 0 Å². The number of anilines is 2. The topological polar surface area (TPSA) is 20.5 Å². The Labute approximate surface area is 133 Å². The molecule has 3 rings (SSSR count). The van der Waals surface area contributed by atoms with Crippen LogP contribution in [0.2, 0.25) is 0 Å². The summed E-state index contributed by atoms with van der Waals surface area (Å²) < 4.78 is 2.09. The van der Waals surface area contributed by atoms with Crippen molar-refractivity contribution in [3.63, 3.8) is 0 Å². The van der Waals surface area contributed by atoms with Gasteiger partial charge >= 0.3 is 0 Å². The predicted molar refractivity (Wildman–Crippen MR) is 91.0 cm³/mol. The average Bonchev–Trinajstić information content (AvgIpc) is 3.09. The SMILES string of the molecule is CCCCN(c1ccccc1)c1nc2sccn2c1CCl. The summed E-state index contributed by atoms with van der Waals surface area (Å²) in [5, 5.41) is 2.04. The highest BCUT2D eigenvalue weighted by Crippen LogP contribution is 2.31. The van der Waals surface area contributed by atoms with Crippen molar-refractivity contribution in [3.8, 4) is 0 Å². The van der Waals surface area contributed by atoms with E-state index in [1.165, 1.54) is 5.69 Å². The maximum absolute atomic E-state index is 6.19. The monoisotopic (exact) mass is 319 g/mol. The van der Waals surface area contributed by atoms with Gasteiger partial charge in [0.15, 0.2) is 10.8 Å². The van der Waals surface area contributed by atoms with Gasteiger partial charge in [0.05, 0.1) is 11.6 Å². The van der Waals surface area contributed by atoms with Crippen LogP contribution in [0.1, 0.15) is 25.5 Å². The number of imidazole rings is 1. The van der Waals surface area contributed by atoms with E-state index in [0.717, 1.165) is 35.9 Å². The van der Waals surface area contributed by atoms with Crippen LogP contribution in [-0.4, -0.2) is 15.9 Å². The van der Waals surface area contributed by atoms with Crippen molar-refractivity contribution >= 4 is 39.4 Å². The molecule has 0 atom stereocenters. The third kappa shape index (κ3) is 2.78. The van der Waals surface area contributed by atoms with Gasteiger partial charge in [-0.15, -0.1) is 22.9 Å². The number of fused-ring (bicyclic) bond motifs is 1. The molecular weight excluding hydrogens is 302 g/mol. The lowest BCUT2D eigenvalue weighted by atomic mass is 10.2. The van der Waals surface area contributed by atoms with Gasteiger partial charge in [-0.25, -0.2) is 4.98 Å². The molecular formula is C16H18ClN3S. The fourth-order valence-electron chi connectivity index (χ4n) is 2.44. The average molecular weight is 320 g/mol. The second-order valence-corrected chi connectivity index (χ2v) is 6.05. The van der Waals surface area contributed by atoms with Crippen LogP contribution in [0.3, 0.4) is 0 Å². The highest BCUT2D eigenvalue weighted by Gasteiger charge is 2.19. The molecule has 0 saturated carbocycles. The van der Waals surface area contributed by atoms with E-state index in [2.05, 4.69) is 40.5 Å². The van der Waals surface area contributed by atoms with Crippen LogP contribution in [0.25, 0.3) is 4.96 Å². The molecule has 3 nitrogen and oxygen atoms in total. The van der Waals surface area contributed by atoms with Crippen molar-refractivity contribution in [1.82, 2.24) is 9.38 Å². The van der Waals surface area contributed by atoms with Crippen LogP contribution in [0.4, 0.5) is 11.5 Å². The molecule has 0 radical (unpaired) electrons. The molecule has 1 aromatic carbocycles. The smallest absolute Gasteiger partial charge is 0.195 e. The minimum atomic E-state index is 0.461. The summed E-state index contributed by atoms with van der Waals surface area (Å²) in [6.45, 7) is 3.16. The van der Waals surface area contributed by atoms with Crippen molar-refractivity contribution in [3.05, 3.63) is 47.6 Å². The first-order valence-corrected chi connectivity index (χ1v) is 8.59. The molecule has 0 aliphatic carbocycles. The van der Waals surface area contributed by atoms with Crippen molar-refractivity contribution in [2.24, 2.45) is 0 Å². The van der Waals surface area contributed by atoms with Gasteiger partial charge in [-0.1, -0.05) is 31.5 Å². The van der Waals surface area contributed by atoms with Gasteiger partial charge in [-0.05, 0) is 18.6 Å². The summed E-state index contributed by atoms with van der Waals surface area (Å²) in [6.07, 6.45) is 4.32. The van der Waals surface area contributed by atoms with Gasteiger partial charge in [-0.2, -0.15) is 0 Å². The molecule has 5 heteroatoms. The normalized spacial score (nSPS) is 11.1. The molecule has 0 aliphatic rings. The Balaban J connectivity index is 2.07. The first-order valence-electron chi connectivity index (χ1n) is 7.18. The van der Waals surface area contributed by atoms with Gasteiger partial charge in [0.1, 0.15) is 0 Å². The minimum Gasteiger partial charge on any atom is -0.325 e. The van der Waals surface area contributed by atoms with Crippen LogP contribution in [0.15, 0.2) is 41.9 Å². The van der Waals surface area contributed by atoms with Crippen LogP contribution in [0, 0.1) is 0 Å². The van der Waals surface area contributed by atoms with E-state index >= 15 is 0 Å². The van der Waals surface area contributed by atoms with Crippen molar-refractivity contribution < 1.29 is 0 Å². The number of benzene rings is 1. The molecule has 0 amide bonds. The number of para-hydroxylation sites is 1. The lowest BCUT2D eigenvalue weighted by molar-refractivity contribution is 0.779. The zero-order chi connectivity index (χ0) is 14.7. The highest BCUT2D eigenvalue weighted by molar-refractivity contribution is 7.15. The van der Waals surface area contributed by atoms with Gasteiger partial charge < -0.3 is 4.90 Å². The Kier molecular flexibility index (Phi) is 4.46. The number of unbranched alkanes of at least 4 members (excludes halogenated alkanes) is 1. The zero-order valence-corrected chi connectivity index (χ0v) is 13.6. The standard InChI is InChI=1S/C16H18ClN3S/c1-2-3-9-19(13-7-5-4-6-8-13)15-14(12-17)20-10-11-21-16(20)18-15/h4-8,10-11H,2-3,9,12H2,1H3. The molecule has 3 aromatic rings. The number of nitrogens with zero attached hydrogens (tertiary/aromatic N) is 3. The van der Waals surface area contributed by atoms with Crippen molar-refractivity contribution in [2.45, 2.75) is 25.6 Å². The lowest BCUT2D eigenvalue weighted by Gasteiger charge is -2.23. The maximum Gasteiger partial charge on any atom is 0.195 e. The van der Waals surface area contributed by atoms with Gasteiger partial charge in [0, 0.05) is 23.8 Å². The molecule has 0 spiro atoms. The molecule has 0 aliphatic heterocycles. The summed E-state index contributed by atoms with van der Waals surface area (Å²) in [4.78, 5) is 8.07. The quantitative estimate of drug-likeness (QED) is 0.591. The number of hydrogen-bond donors (Lipinski definition) is 0. The number of thiazole rings is 1. The minimum absolute atomic E-state index is 0.461. The number of halogens is 1. The van der Waals surface area contributed by atoms with E-state index in [1.54, 1.807) is 11.3 Å². The molecule has 2 aromatic heterocycles. The summed E-state index contributed by atoms with van der Waals surface area (Å²) in [7, 11) is 0. The zero-order valence-electron chi connectivity index (χ0n) is 12.0. The molecule has 0 N–H and O–H groups in total. The fraction of sp³-hybridized carbons (Fsp3) is 0.312. The Bertz CT molecular complexity index is 705. The highest BCUT2D eigenvalue weighted by atomic mass is 35.5. The Morgan fingerprint density at radius 1 is 1.29 bits per heavy atom. The second kappa shape index (κ2) is 6.50. The number of alkyl halides is 1.